The molecular formula is C22H22Cl2Zr. The molecule has 2 aliphatic rings. The SMILES string of the molecule is CC1=[C]([Zr+2](=[C](C)C)[c]2cccc3c2Cc2ccccc2-3)CC=C1.[Cl-].[Cl-]. The molecule has 0 nitrogen and oxygen atoms in total. The van der Waals surface area contributed by atoms with Crippen LogP contribution in [0.5, 0.6) is 0 Å². The Morgan fingerprint density at radius 2 is 1.64 bits per heavy atom. The van der Waals surface area contributed by atoms with E-state index in [1.54, 1.807) is 15.3 Å². The maximum Gasteiger partial charge on any atom is -1.00 e. The van der Waals surface area contributed by atoms with E-state index in [1.165, 1.54) is 28.7 Å². The smallest absolute Gasteiger partial charge is 1.00 e. The molecule has 0 saturated carbocycles. The van der Waals surface area contributed by atoms with Crippen molar-refractivity contribution in [2.45, 2.75) is 33.6 Å². The van der Waals surface area contributed by atoms with Gasteiger partial charge in [-0.25, -0.2) is 0 Å². The van der Waals surface area contributed by atoms with Gasteiger partial charge in [-0.3, -0.25) is 0 Å². The van der Waals surface area contributed by atoms with E-state index in [0.717, 1.165) is 6.42 Å². The molecule has 0 saturated heterocycles. The molecule has 0 unspecified atom stereocenters. The van der Waals surface area contributed by atoms with Gasteiger partial charge in [0.15, 0.2) is 0 Å². The standard InChI is InChI=1S/C13H9.C6H7.C3H6.2ClH.Zr/c1-3-7-12-10(5-1)9-11-6-2-4-8-13(11)12;1-6-4-2-3-5-6;1-3-2;;;/h1-5,7-8H,9H2;2,4H,3H2,1H3;1-2H3;2*1H;/q;;;;;+2/p-2. The molecular weight excluding hydrogens is 426 g/mol. The van der Waals surface area contributed by atoms with Gasteiger partial charge in [-0.1, -0.05) is 0 Å². The third kappa shape index (κ3) is 3.57. The first-order valence-electron chi connectivity index (χ1n) is 8.41. The van der Waals surface area contributed by atoms with Gasteiger partial charge in [-0.2, -0.15) is 0 Å². The second-order valence-electron chi connectivity index (χ2n) is 6.81. The number of halogens is 2. The third-order valence-corrected chi connectivity index (χ3v) is 13.0. The number of hydrogen-bond donors (Lipinski definition) is 0. The number of allylic oxidation sites excluding steroid dienone is 4. The normalized spacial score (nSPS) is 13.4. The zero-order valence-corrected chi connectivity index (χ0v) is 18.8. The van der Waals surface area contributed by atoms with Crippen molar-refractivity contribution < 1.29 is 46.1 Å². The average molecular weight is 449 g/mol. The Labute approximate surface area is 171 Å². The first-order valence-corrected chi connectivity index (χ1v) is 12.1. The Kier molecular flexibility index (Phi) is 6.82. The van der Waals surface area contributed by atoms with Crippen molar-refractivity contribution in [3.05, 3.63) is 74.6 Å². The molecule has 0 heterocycles. The fourth-order valence-electron chi connectivity index (χ4n) is 4.04. The van der Waals surface area contributed by atoms with Gasteiger partial charge >= 0.3 is 147 Å². The van der Waals surface area contributed by atoms with Crippen LogP contribution in [-0.2, 0) is 27.7 Å². The van der Waals surface area contributed by atoms with Gasteiger partial charge in [-0.05, 0) is 0 Å². The van der Waals surface area contributed by atoms with E-state index in [4.69, 9.17) is 0 Å². The van der Waals surface area contributed by atoms with Crippen LogP contribution in [0.1, 0.15) is 38.3 Å². The molecule has 128 valence electrons. The molecule has 25 heavy (non-hydrogen) atoms. The summed E-state index contributed by atoms with van der Waals surface area (Å²) in [4.78, 5) is 0. The monoisotopic (exact) mass is 446 g/mol. The summed E-state index contributed by atoms with van der Waals surface area (Å²) in [5.74, 6) is 0. The third-order valence-electron chi connectivity index (χ3n) is 5.09. The van der Waals surface area contributed by atoms with E-state index in [9.17, 15) is 0 Å². The van der Waals surface area contributed by atoms with E-state index in [2.05, 4.69) is 75.4 Å². The maximum atomic E-state index is 2.44. The molecule has 0 fully saturated rings. The molecule has 3 heteroatoms. The predicted molar refractivity (Wildman–Crippen MR) is 97.1 cm³/mol. The van der Waals surface area contributed by atoms with E-state index in [0.29, 0.717) is 0 Å². The van der Waals surface area contributed by atoms with Crippen molar-refractivity contribution >= 4 is 6.48 Å². The molecule has 0 spiro atoms. The number of hydrogen-bond acceptors (Lipinski definition) is 0. The fourth-order valence-corrected chi connectivity index (χ4v) is 11.5. The van der Waals surface area contributed by atoms with Gasteiger partial charge in [0.1, 0.15) is 0 Å². The topological polar surface area (TPSA) is 0 Å². The molecule has 0 aromatic heterocycles. The van der Waals surface area contributed by atoms with Crippen molar-refractivity contribution in [3.8, 4) is 11.1 Å². The van der Waals surface area contributed by atoms with Crippen LogP contribution < -0.4 is 28.1 Å². The predicted octanol–water partition coefficient (Wildman–Crippen LogP) is -1.04. The van der Waals surface area contributed by atoms with Crippen LogP contribution in [0.4, 0.5) is 0 Å². The van der Waals surface area contributed by atoms with Crippen LogP contribution in [0, 0.1) is 0 Å². The summed E-state index contributed by atoms with van der Waals surface area (Å²) in [5.41, 5.74) is 7.60. The number of benzene rings is 2. The molecule has 2 aromatic carbocycles. The summed E-state index contributed by atoms with van der Waals surface area (Å²) in [5, 5.41) is 0. The summed E-state index contributed by atoms with van der Waals surface area (Å²) >= 11 is -1.91. The van der Waals surface area contributed by atoms with Crippen LogP contribution in [0.2, 0.25) is 0 Å². The first kappa shape index (κ1) is 20.6. The Morgan fingerprint density at radius 3 is 2.32 bits per heavy atom. The molecule has 0 aliphatic heterocycles. The number of rotatable bonds is 2. The molecule has 0 bridgehead atoms. The minimum Gasteiger partial charge on any atom is -1.00 e. The van der Waals surface area contributed by atoms with Crippen LogP contribution in [0.15, 0.2) is 63.5 Å². The molecule has 0 amide bonds. The minimum atomic E-state index is -1.91. The average Bonchev–Trinajstić information content (AvgIpc) is 3.12. The van der Waals surface area contributed by atoms with Crippen molar-refractivity contribution in [1.82, 2.24) is 0 Å². The molecule has 0 radical (unpaired) electrons. The molecule has 2 aromatic rings. The van der Waals surface area contributed by atoms with Crippen molar-refractivity contribution in [2.75, 3.05) is 0 Å². The van der Waals surface area contributed by atoms with E-state index >= 15 is 0 Å². The van der Waals surface area contributed by atoms with Crippen molar-refractivity contribution in [2.24, 2.45) is 0 Å². The van der Waals surface area contributed by atoms with Crippen LogP contribution >= 0.6 is 0 Å². The Balaban J connectivity index is 0.00000113. The number of fused-ring (bicyclic) bond motifs is 3. The van der Waals surface area contributed by atoms with E-state index in [1.807, 2.05) is 0 Å². The minimum absolute atomic E-state index is 0. The van der Waals surface area contributed by atoms with Gasteiger partial charge in [0.25, 0.3) is 0 Å². The Bertz CT molecular complexity index is 900. The summed E-state index contributed by atoms with van der Waals surface area (Å²) < 4.78 is 5.17. The molecule has 0 N–H and O–H groups in total. The molecule has 0 atom stereocenters. The molecule has 2 aliphatic carbocycles. The summed E-state index contributed by atoms with van der Waals surface area (Å²) in [6.45, 7) is 7.05. The zero-order chi connectivity index (χ0) is 16.0. The summed E-state index contributed by atoms with van der Waals surface area (Å²) in [6.07, 6.45) is 6.99. The maximum absolute atomic E-state index is 2.44. The fraction of sp³-hybridized carbons (Fsp3) is 0.227. The van der Waals surface area contributed by atoms with Gasteiger partial charge in [0, 0.05) is 0 Å². The largest absolute Gasteiger partial charge is 1.00 e. The van der Waals surface area contributed by atoms with Crippen LogP contribution in [-0.4, -0.2) is 3.21 Å². The van der Waals surface area contributed by atoms with Gasteiger partial charge in [0.2, 0.25) is 0 Å². The van der Waals surface area contributed by atoms with E-state index in [-0.39, 0.29) is 24.8 Å². The van der Waals surface area contributed by atoms with Crippen LogP contribution in [0.25, 0.3) is 11.1 Å². The quantitative estimate of drug-likeness (QED) is 0.470. The second-order valence-corrected chi connectivity index (χ2v) is 13.9. The first-order chi connectivity index (χ1) is 11.2. The summed E-state index contributed by atoms with van der Waals surface area (Å²) in [7, 11) is 0. The zero-order valence-electron chi connectivity index (χ0n) is 14.9. The van der Waals surface area contributed by atoms with Crippen LogP contribution in [0.3, 0.4) is 0 Å². The van der Waals surface area contributed by atoms with Gasteiger partial charge in [-0.15, -0.1) is 0 Å². The summed E-state index contributed by atoms with van der Waals surface area (Å²) in [6, 6.07) is 16.0. The Morgan fingerprint density at radius 1 is 0.920 bits per heavy atom. The van der Waals surface area contributed by atoms with Crippen molar-refractivity contribution in [1.29, 1.82) is 0 Å². The van der Waals surface area contributed by atoms with E-state index < -0.39 is 21.3 Å². The van der Waals surface area contributed by atoms with Crippen molar-refractivity contribution in [3.63, 3.8) is 0 Å². The Hall–Kier alpha value is -0.747. The van der Waals surface area contributed by atoms with Gasteiger partial charge in [0.05, 0.1) is 0 Å². The van der Waals surface area contributed by atoms with Gasteiger partial charge < -0.3 is 24.8 Å². The second kappa shape index (κ2) is 8.30. The molecule has 4 rings (SSSR count).